The first-order valence-corrected chi connectivity index (χ1v) is 8.71. The van der Waals surface area contributed by atoms with Crippen LogP contribution in [0.3, 0.4) is 0 Å². The largest absolute Gasteiger partial charge is 0.270 e. The minimum Gasteiger partial charge on any atom is -0.270 e. The smallest absolute Gasteiger partial charge is 0.262 e. The van der Waals surface area contributed by atoms with Crippen LogP contribution in [-0.2, 0) is 6.54 Å². The van der Waals surface area contributed by atoms with E-state index in [0.29, 0.717) is 10.8 Å². The molecule has 138 valence electrons. The number of benzene rings is 2. The Morgan fingerprint density at radius 3 is 1.61 bits per heavy atom. The number of allylic oxidation sites excluding steroid dienone is 1. The molecule has 0 aliphatic carbocycles. The van der Waals surface area contributed by atoms with E-state index in [-0.39, 0.29) is 35.0 Å². The second kappa shape index (κ2) is 6.42. The standard InChI is InChI=1S/C22H16N2O4/c1-3-11-23-19(25)15-9-5-7-13-14-8-6-10-16(20(23)26)18(14)22(28)24(12-4-2)21(27)17(13)15/h3-10H,1-2,11-12H2. The van der Waals surface area contributed by atoms with E-state index in [9.17, 15) is 19.2 Å². The Hall–Kier alpha value is -3.80. The average Bonchev–Trinajstić information content (AvgIpc) is 2.79. The molecule has 4 rings (SSSR count). The van der Waals surface area contributed by atoms with Crippen LogP contribution >= 0.6 is 0 Å². The molecule has 0 saturated heterocycles. The molecule has 0 fully saturated rings. The Balaban J connectivity index is 2.43. The van der Waals surface area contributed by atoms with Gasteiger partial charge >= 0.3 is 0 Å². The third kappa shape index (κ3) is 2.28. The van der Waals surface area contributed by atoms with Crippen molar-refractivity contribution in [2.24, 2.45) is 0 Å². The van der Waals surface area contributed by atoms with Crippen molar-refractivity contribution in [1.82, 2.24) is 9.47 Å². The van der Waals surface area contributed by atoms with Crippen molar-refractivity contribution in [3.8, 4) is 0 Å². The number of hydrogen-bond donors (Lipinski definition) is 0. The first kappa shape index (κ1) is 17.6. The minimum absolute atomic E-state index is 0.0298. The van der Waals surface area contributed by atoms with E-state index in [4.69, 9.17) is 0 Å². The Kier molecular flexibility index (Phi) is 4.04. The lowest BCUT2D eigenvalue weighted by Crippen LogP contribution is -2.40. The lowest BCUT2D eigenvalue weighted by molar-refractivity contribution is 0.0636. The van der Waals surface area contributed by atoms with Crippen LogP contribution in [0.2, 0.25) is 0 Å². The van der Waals surface area contributed by atoms with Gasteiger partial charge in [-0.2, -0.15) is 0 Å². The third-order valence-electron chi connectivity index (χ3n) is 4.91. The van der Waals surface area contributed by atoms with E-state index < -0.39 is 22.9 Å². The molecule has 1 aliphatic rings. The van der Waals surface area contributed by atoms with Gasteiger partial charge in [-0.3, -0.25) is 28.6 Å². The van der Waals surface area contributed by atoms with E-state index in [1.165, 1.54) is 24.3 Å². The zero-order chi connectivity index (χ0) is 20.0. The Labute approximate surface area is 159 Å². The normalized spacial score (nSPS) is 13.2. The monoisotopic (exact) mass is 372 g/mol. The maximum atomic E-state index is 13.3. The zero-order valence-electron chi connectivity index (χ0n) is 15.0. The average molecular weight is 372 g/mol. The Morgan fingerprint density at radius 1 is 0.714 bits per heavy atom. The van der Waals surface area contributed by atoms with Gasteiger partial charge in [0, 0.05) is 13.1 Å². The van der Waals surface area contributed by atoms with Crippen LogP contribution in [-0.4, -0.2) is 27.8 Å². The van der Waals surface area contributed by atoms with Crippen LogP contribution in [0.25, 0.3) is 21.5 Å². The zero-order valence-corrected chi connectivity index (χ0v) is 15.0. The summed E-state index contributed by atoms with van der Waals surface area (Å²) in [5, 5.41) is 1.14. The number of nitrogens with zero attached hydrogens (tertiary/aromatic N) is 2. The van der Waals surface area contributed by atoms with Gasteiger partial charge in [-0.25, -0.2) is 0 Å². The highest BCUT2D eigenvalue weighted by Gasteiger charge is 2.30. The summed E-state index contributed by atoms with van der Waals surface area (Å²) in [4.78, 5) is 54.0. The highest BCUT2D eigenvalue weighted by atomic mass is 16.2. The molecule has 0 N–H and O–H groups in total. The minimum atomic E-state index is -0.601. The van der Waals surface area contributed by atoms with Crippen molar-refractivity contribution in [3.05, 3.63) is 93.5 Å². The molecule has 0 saturated carbocycles. The maximum absolute atomic E-state index is 13.3. The second-order valence-electron chi connectivity index (χ2n) is 6.48. The summed E-state index contributed by atoms with van der Waals surface area (Å²) in [5.74, 6) is -1.20. The Morgan fingerprint density at radius 2 is 1.18 bits per heavy atom. The van der Waals surface area contributed by atoms with Gasteiger partial charge < -0.3 is 0 Å². The molecule has 1 aliphatic heterocycles. The Bertz CT molecular complexity index is 1240. The number of rotatable bonds is 4. The predicted octanol–water partition coefficient (Wildman–Crippen LogP) is 2.48. The maximum Gasteiger partial charge on any atom is 0.262 e. The first-order valence-electron chi connectivity index (χ1n) is 8.71. The van der Waals surface area contributed by atoms with E-state index >= 15 is 0 Å². The van der Waals surface area contributed by atoms with Crippen LogP contribution in [0.15, 0.2) is 71.3 Å². The summed E-state index contributed by atoms with van der Waals surface area (Å²) in [6, 6.07) is 9.66. The van der Waals surface area contributed by atoms with E-state index in [1.54, 1.807) is 24.3 Å². The highest BCUT2D eigenvalue weighted by molar-refractivity contribution is 6.23. The summed E-state index contributed by atoms with van der Waals surface area (Å²) in [7, 11) is 0. The summed E-state index contributed by atoms with van der Waals surface area (Å²) in [6.07, 6.45) is 2.87. The number of carbonyl (C=O) groups is 2. The molecule has 0 spiro atoms. The molecular weight excluding hydrogens is 356 g/mol. The fraction of sp³-hybridized carbons (Fsp3) is 0.0909. The molecule has 2 heterocycles. The highest BCUT2D eigenvalue weighted by Crippen LogP contribution is 2.28. The van der Waals surface area contributed by atoms with Gasteiger partial charge in [0.15, 0.2) is 0 Å². The molecule has 6 heteroatoms. The molecule has 6 bridgehead atoms. The summed E-state index contributed by atoms with van der Waals surface area (Å²) >= 11 is 0. The van der Waals surface area contributed by atoms with Crippen molar-refractivity contribution in [1.29, 1.82) is 0 Å². The predicted molar refractivity (Wildman–Crippen MR) is 108 cm³/mol. The summed E-state index contributed by atoms with van der Waals surface area (Å²) in [5.41, 5.74) is -1.01. The van der Waals surface area contributed by atoms with Crippen molar-refractivity contribution >= 4 is 33.4 Å². The molecular formula is C22H16N2O4. The topological polar surface area (TPSA) is 76.5 Å². The van der Waals surface area contributed by atoms with Crippen molar-refractivity contribution in [2.75, 3.05) is 6.54 Å². The molecule has 6 nitrogen and oxygen atoms in total. The number of aromatic nitrogens is 1. The molecule has 0 radical (unpaired) electrons. The molecule has 0 unspecified atom stereocenters. The third-order valence-corrected chi connectivity index (χ3v) is 4.91. The van der Waals surface area contributed by atoms with Gasteiger partial charge in [0.1, 0.15) is 0 Å². The van der Waals surface area contributed by atoms with E-state index in [2.05, 4.69) is 13.2 Å². The first-order chi connectivity index (χ1) is 13.5. The number of carbonyl (C=O) groups excluding carboxylic acids is 2. The van der Waals surface area contributed by atoms with Crippen LogP contribution in [0, 0.1) is 0 Å². The van der Waals surface area contributed by atoms with Gasteiger partial charge in [0.25, 0.3) is 22.9 Å². The summed E-state index contributed by atoms with van der Waals surface area (Å²) in [6.45, 7) is 7.15. The SMILES string of the molecule is C=CCN1C(=O)c2cccc3c2c(=O)n(CC=C)c(=O)c2c(cccc23)C1=O. The molecule has 0 atom stereocenters. The van der Waals surface area contributed by atoms with Crippen LogP contribution in [0.5, 0.6) is 0 Å². The van der Waals surface area contributed by atoms with Crippen molar-refractivity contribution in [2.45, 2.75) is 6.54 Å². The van der Waals surface area contributed by atoms with Gasteiger partial charge in [0.05, 0.1) is 21.9 Å². The lowest BCUT2D eigenvalue weighted by Gasteiger charge is -2.20. The van der Waals surface area contributed by atoms with Gasteiger partial charge in [-0.15, -0.1) is 13.2 Å². The number of amides is 2. The quantitative estimate of drug-likeness (QED) is 0.521. The molecule has 2 aromatic carbocycles. The molecule has 3 aromatic rings. The van der Waals surface area contributed by atoms with Crippen molar-refractivity contribution < 1.29 is 9.59 Å². The van der Waals surface area contributed by atoms with E-state index in [0.717, 1.165) is 9.47 Å². The molecule has 1 aromatic heterocycles. The van der Waals surface area contributed by atoms with Gasteiger partial charge in [-0.05, 0) is 22.9 Å². The van der Waals surface area contributed by atoms with Gasteiger partial charge in [0.2, 0.25) is 0 Å². The second-order valence-corrected chi connectivity index (χ2v) is 6.48. The molecule has 28 heavy (non-hydrogen) atoms. The fourth-order valence-electron chi connectivity index (χ4n) is 3.71. The number of imide groups is 1. The molecule has 2 amide bonds. The van der Waals surface area contributed by atoms with E-state index in [1.807, 2.05) is 0 Å². The van der Waals surface area contributed by atoms with Crippen LogP contribution < -0.4 is 11.1 Å². The van der Waals surface area contributed by atoms with Crippen LogP contribution in [0.4, 0.5) is 0 Å². The summed E-state index contributed by atoms with van der Waals surface area (Å²) < 4.78 is 1.02. The number of hydrogen-bond acceptors (Lipinski definition) is 4. The van der Waals surface area contributed by atoms with Gasteiger partial charge in [-0.1, -0.05) is 36.4 Å². The van der Waals surface area contributed by atoms with Crippen molar-refractivity contribution in [3.63, 3.8) is 0 Å². The fourth-order valence-corrected chi connectivity index (χ4v) is 3.71. The van der Waals surface area contributed by atoms with Crippen LogP contribution in [0.1, 0.15) is 20.7 Å². The lowest BCUT2D eigenvalue weighted by atomic mass is 10.0.